The molecule has 6 nitrogen and oxygen atoms in total. The predicted molar refractivity (Wildman–Crippen MR) is 114 cm³/mol. The molecule has 1 aliphatic carbocycles. The Hall–Kier alpha value is -2.48. The molecule has 1 aromatic carbocycles. The molecule has 152 valence electrons. The van der Waals surface area contributed by atoms with E-state index in [4.69, 9.17) is 20.9 Å². The van der Waals surface area contributed by atoms with Crippen LogP contribution in [-0.2, 0) is 25.9 Å². The van der Waals surface area contributed by atoms with Crippen LogP contribution in [0.2, 0.25) is 5.02 Å². The Labute approximate surface area is 181 Å². The van der Waals surface area contributed by atoms with Gasteiger partial charge in [0.25, 0.3) is 0 Å². The van der Waals surface area contributed by atoms with Crippen molar-refractivity contribution in [2.75, 3.05) is 0 Å². The zero-order valence-corrected chi connectivity index (χ0v) is 17.6. The molecule has 6 rings (SSSR count). The standard InChI is InChI=1S/C22H18ClN3O3S/c23-12-5-11-6-18(21-14-3-1-2-4-16(14)26-29-21)28-20(11)15(7-12)19-22-17(24-10-25-19)8-13(9-27)30-22/h5,7-8,10,18,27H,1-4,6,9H2/t18-/m1/s1. The first-order valence-electron chi connectivity index (χ1n) is 10.0. The van der Waals surface area contributed by atoms with Gasteiger partial charge in [0.05, 0.1) is 28.2 Å². The largest absolute Gasteiger partial charge is 0.481 e. The third-order valence-corrected chi connectivity index (χ3v) is 7.19. The Kier molecular flexibility index (Phi) is 4.30. The number of halogens is 1. The molecule has 0 fully saturated rings. The average molecular weight is 440 g/mol. The van der Waals surface area contributed by atoms with E-state index >= 15 is 0 Å². The molecule has 4 heterocycles. The van der Waals surface area contributed by atoms with E-state index in [0.29, 0.717) is 11.4 Å². The molecule has 1 N–H and O–H groups in total. The molecule has 0 saturated heterocycles. The molecule has 2 aliphatic rings. The lowest BCUT2D eigenvalue weighted by Gasteiger charge is -2.14. The van der Waals surface area contributed by atoms with E-state index in [1.807, 2.05) is 18.2 Å². The molecule has 0 bridgehead atoms. The van der Waals surface area contributed by atoms with Crippen molar-refractivity contribution in [1.29, 1.82) is 0 Å². The van der Waals surface area contributed by atoms with Gasteiger partial charge in [0.15, 0.2) is 11.9 Å². The number of aliphatic hydroxyl groups is 1. The molecule has 1 aliphatic heterocycles. The molecule has 0 amide bonds. The molecule has 3 aromatic heterocycles. The fourth-order valence-corrected chi connectivity index (χ4v) is 5.70. The molecule has 0 saturated carbocycles. The molecule has 0 unspecified atom stereocenters. The van der Waals surface area contributed by atoms with Gasteiger partial charge in [-0.05, 0) is 43.9 Å². The number of aliphatic hydroxyl groups excluding tert-OH is 1. The van der Waals surface area contributed by atoms with E-state index in [1.165, 1.54) is 23.2 Å². The summed E-state index contributed by atoms with van der Waals surface area (Å²) in [6.07, 6.45) is 6.29. The summed E-state index contributed by atoms with van der Waals surface area (Å²) in [6.45, 7) is -0.0245. The Morgan fingerprint density at radius 2 is 2.07 bits per heavy atom. The summed E-state index contributed by atoms with van der Waals surface area (Å²) in [6, 6.07) is 5.73. The van der Waals surface area contributed by atoms with Crippen molar-refractivity contribution >= 4 is 33.2 Å². The minimum Gasteiger partial charge on any atom is -0.481 e. The van der Waals surface area contributed by atoms with E-state index in [1.54, 1.807) is 0 Å². The number of nitrogens with zero attached hydrogens (tertiary/aromatic N) is 3. The molecule has 8 heteroatoms. The Bertz CT molecular complexity index is 1280. The van der Waals surface area contributed by atoms with Gasteiger partial charge < -0.3 is 14.4 Å². The highest BCUT2D eigenvalue weighted by Crippen LogP contribution is 2.47. The number of benzene rings is 1. The summed E-state index contributed by atoms with van der Waals surface area (Å²) >= 11 is 7.96. The molecule has 0 radical (unpaired) electrons. The van der Waals surface area contributed by atoms with E-state index in [2.05, 4.69) is 15.1 Å². The van der Waals surface area contributed by atoms with E-state index in [-0.39, 0.29) is 12.7 Å². The van der Waals surface area contributed by atoms with Gasteiger partial charge in [0.1, 0.15) is 12.1 Å². The maximum atomic E-state index is 9.54. The number of hydrogen-bond donors (Lipinski definition) is 1. The lowest BCUT2D eigenvalue weighted by molar-refractivity contribution is 0.189. The lowest BCUT2D eigenvalue weighted by atomic mass is 9.94. The van der Waals surface area contributed by atoms with Crippen LogP contribution in [0.4, 0.5) is 0 Å². The maximum Gasteiger partial charge on any atom is 0.181 e. The molecule has 1 atom stereocenters. The normalized spacial score (nSPS) is 17.7. The predicted octanol–water partition coefficient (Wildman–Crippen LogP) is 5.05. The second-order valence-corrected chi connectivity index (χ2v) is 9.31. The van der Waals surface area contributed by atoms with Crippen LogP contribution in [0.25, 0.3) is 21.5 Å². The van der Waals surface area contributed by atoms with Crippen LogP contribution < -0.4 is 4.74 Å². The highest BCUT2D eigenvalue weighted by atomic mass is 35.5. The number of aromatic nitrogens is 3. The SMILES string of the molecule is OCc1cc2ncnc(-c3cc(Cl)cc4c3O[C@@H](c3onc5c3CCCC5)C4)c2s1. The van der Waals surface area contributed by atoms with Gasteiger partial charge in [-0.25, -0.2) is 9.97 Å². The topological polar surface area (TPSA) is 81.3 Å². The summed E-state index contributed by atoms with van der Waals surface area (Å²) in [5, 5.41) is 14.5. The summed E-state index contributed by atoms with van der Waals surface area (Å²) in [7, 11) is 0. The van der Waals surface area contributed by atoms with Crippen LogP contribution in [0.15, 0.2) is 29.0 Å². The highest BCUT2D eigenvalue weighted by molar-refractivity contribution is 7.19. The highest BCUT2D eigenvalue weighted by Gasteiger charge is 2.34. The first-order valence-corrected chi connectivity index (χ1v) is 11.2. The number of aryl methyl sites for hydroxylation is 1. The average Bonchev–Trinajstić information content (AvgIpc) is 3.48. The van der Waals surface area contributed by atoms with Crippen LogP contribution in [0.1, 0.15) is 46.4 Å². The summed E-state index contributed by atoms with van der Waals surface area (Å²) < 4.78 is 13.1. The van der Waals surface area contributed by atoms with Crippen LogP contribution in [0.3, 0.4) is 0 Å². The first kappa shape index (κ1) is 18.3. The Morgan fingerprint density at radius 3 is 2.97 bits per heavy atom. The van der Waals surface area contributed by atoms with Crippen molar-refractivity contribution < 1.29 is 14.4 Å². The Balaban J connectivity index is 1.45. The third-order valence-electron chi connectivity index (χ3n) is 5.85. The number of hydrogen-bond acceptors (Lipinski definition) is 7. The van der Waals surface area contributed by atoms with Gasteiger partial charge in [0, 0.05) is 33.0 Å². The second-order valence-electron chi connectivity index (χ2n) is 7.74. The quantitative estimate of drug-likeness (QED) is 0.481. The van der Waals surface area contributed by atoms with Crippen LogP contribution in [0, 0.1) is 0 Å². The fraction of sp³-hybridized carbons (Fsp3) is 0.318. The number of ether oxygens (including phenoxy) is 1. The Morgan fingerprint density at radius 1 is 1.17 bits per heavy atom. The van der Waals surface area contributed by atoms with Gasteiger partial charge in [-0.1, -0.05) is 16.8 Å². The molecule has 4 aromatic rings. The fourth-order valence-electron chi connectivity index (χ4n) is 4.49. The summed E-state index contributed by atoms with van der Waals surface area (Å²) in [4.78, 5) is 9.74. The van der Waals surface area contributed by atoms with Gasteiger partial charge in [-0.15, -0.1) is 11.3 Å². The van der Waals surface area contributed by atoms with Crippen molar-refractivity contribution in [3.8, 4) is 17.0 Å². The van der Waals surface area contributed by atoms with Gasteiger partial charge in [-0.3, -0.25) is 0 Å². The van der Waals surface area contributed by atoms with Crippen LogP contribution in [-0.4, -0.2) is 20.2 Å². The molecule has 0 spiro atoms. The van der Waals surface area contributed by atoms with Crippen molar-refractivity contribution in [3.05, 3.63) is 57.0 Å². The maximum absolute atomic E-state index is 9.54. The first-order chi connectivity index (χ1) is 14.7. The number of fused-ring (bicyclic) bond motifs is 3. The zero-order chi connectivity index (χ0) is 20.2. The minimum absolute atomic E-state index is 0.0245. The van der Waals surface area contributed by atoms with Crippen molar-refractivity contribution in [2.45, 2.75) is 44.8 Å². The third kappa shape index (κ3) is 2.84. The second kappa shape index (κ2) is 7.04. The van der Waals surface area contributed by atoms with E-state index in [9.17, 15) is 5.11 Å². The van der Waals surface area contributed by atoms with Crippen LogP contribution in [0.5, 0.6) is 5.75 Å². The van der Waals surface area contributed by atoms with Crippen molar-refractivity contribution in [2.24, 2.45) is 0 Å². The van der Waals surface area contributed by atoms with Crippen LogP contribution >= 0.6 is 22.9 Å². The summed E-state index contributed by atoms with van der Waals surface area (Å²) in [5.41, 5.74) is 5.73. The van der Waals surface area contributed by atoms with Gasteiger partial charge in [-0.2, -0.15) is 0 Å². The smallest absolute Gasteiger partial charge is 0.181 e. The molecular weight excluding hydrogens is 422 g/mol. The summed E-state index contributed by atoms with van der Waals surface area (Å²) in [5.74, 6) is 1.62. The van der Waals surface area contributed by atoms with Crippen molar-refractivity contribution in [3.63, 3.8) is 0 Å². The minimum atomic E-state index is -0.208. The molecular formula is C22H18ClN3O3S. The van der Waals surface area contributed by atoms with Gasteiger partial charge >= 0.3 is 0 Å². The number of rotatable bonds is 3. The molecule has 30 heavy (non-hydrogen) atoms. The monoisotopic (exact) mass is 439 g/mol. The number of thiophene rings is 1. The lowest BCUT2D eigenvalue weighted by Crippen LogP contribution is -2.08. The van der Waals surface area contributed by atoms with E-state index in [0.717, 1.165) is 74.8 Å². The zero-order valence-electron chi connectivity index (χ0n) is 16.0. The van der Waals surface area contributed by atoms with Crippen molar-refractivity contribution in [1.82, 2.24) is 15.1 Å². The van der Waals surface area contributed by atoms with E-state index < -0.39 is 0 Å². The van der Waals surface area contributed by atoms with Gasteiger partial charge in [0.2, 0.25) is 0 Å².